The highest BCUT2D eigenvalue weighted by Gasteiger charge is 2.40. The first-order valence-electron chi connectivity index (χ1n) is 12.1. The molecule has 0 amide bonds. The summed E-state index contributed by atoms with van der Waals surface area (Å²) in [5.74, 6) is -0.547. The molecule has 3 atom stereocenters. The number of carboxylic acid groups (broad SMARTS) is 1. The predicted molar refractivity (Wildman–Crippen MR) is 137 cm³/mol. The van der Waals surface area contributed by atoms with Crippen molar-refractivity contribution in [2.24, 2.45) is 5.92 Å². The van der Waals surface area contributed by atoms with E-state index in [-0.39, 0.29) is 11.5 Å². The Bertz CT molecular complexity index is 1180. The van der Waals surface area contributed by atoms with E-state index in [2.05, 4.69) is 77.3 Å². The van der Waals surface area contributed by atoms with Crippen LogP contribution in [0.1, 0.15) is 38.3 Å². The fraction of sp³-hybridized carbons (Fsp3) is 0.357. The molecule has 6 nitrogen and oxygen atoms in total. The number of hydrogen-bond acceptors (Lipinski definition) is 4. The number of anilines is 1. The van der Waals surface area contributed by atoms with Gasteiger partial charge in [0, 0.05) is 41.7 Å². The van der Waals surface area contributed by atoms with Gasteiger partial charge in [-0.15, -0.1) is 0 Å². The van der Waals surface area contributed by atoms with Crippen molar-refractivity contribution in [2.75, 3.05) is 11.9 Å². The van der Waals surface area contributed by atoms with Crippen molar-refractivity contribution in [3.8, 4) is 22.3 Å². The van der Waals surface area contributed by atoms with Crippen LogP contribution in [-0.2, 0) is 11.2 Å². The summed E-state index contributed by atoms with van der Waals surface area (Å²) < 4.78 is 0. The van der Waals surface area contributed by atoms with Gasteiger partial charge in [0.15, 0.2) is 0 Å². The normalized spacial score (nSPS) is 25.0. The molecule has 3 aromatic rings. The zero-order chi connectivity index (χ0) is 23.7. The third-order valence-corrected chi connectivity index (χ3v) is 7.55. The summed E-state index contributed by atoms with van der Waals surface area (Å²) in [5, 5.41) is 25.0. The Kier molecular flexibility index (Phi) is 6.00. The molecular formula is C28H32N4O2. The highest BCUT2D eigenvalue weighted by Crippen LogP contribution is 2.40. The van der Waals surface area contributed by atoms with E-state index in [1.165, 1.54) is 11.1 Å². The molecule has 6 heteroatoms. The summed E-state index contributed by atoms with van der Waals surface area (Å²) in [6.07, 6.45) is 5.71. The first-order valence-corrected chi connectivity index (χ1v) is 12.1. The van der Waals surface area contributed by atoms with Crippen LogP contribution in [0.4, 0.5) is 5.69 Å². The zero-order valence-electron chi connectivity index (χ0n) is 19.5. The van der Waals surface area contributed by atoms with E-state index in [9.17, 15) is 9.90 Å². The van der Waals surface area contributed by atoms with Gasteiger partial charge in [-0.05, 0) is 55.2 Å². The SMILES string of the molecule is CC1(C2CCC(C(=O)O)NC2)CC(=N)CCc2[nH]cc(-c3ccc(-c4ccccc4)cc3)c2N1. The lowest BCUT2D eigenvalue weighted by atomic mass is 9.74. The van der Waals surface area contributed by atoms with Crippen molar-refractivity contribution < 1.29 is 9.90 Å². The quantitative estimate of drug-likeness (QED) is 0.366. The van der Waals surface area contributed by atoms with Crippen LogP contribution in [0.25, 0.3) is 22.3 Å². The molecule has 2 aromatic carbocycles. The molecule has 0 radical (unpaired) electrons. The fourth-order valence-corrected chi connectivity index (χ4v) is 5.50. The summed E-state index contributed by atoms with van der Waals surface area (Å²) in [7, 11) is 0. The molecule has 1 saturated heterocycles. The largest absolute Gasteiger partial charge is 0.480 e. The molecule has 3 heterocycles. The second-order valence-electron chi connectivity index (χ2n) is 9.90. The van der Waals surface area contributed by atoms with Gasteiger partial charge in [-0.1, -0.05) is 54.6 Å². The van der Waals surface area contributed by atoms with Crippen LogP contribution in [0.15, 0.2) is 60.8 Å². The van der Waals surface area contributed by atoms with Crippen LogP contribution in [0.3, 0.4) is 0 Å². The number of benzene rings is 2. The van der Waals surface area contributed by atoms with Gasteiger partial charge in [0.2, 0.25) is 0 Å². The smallest absolute Gasteiger partial charge is 0.320 e. The van der Waals surface area contributed by atoms with Gasteiger partial charge < -0.3 is 26.1 Å². The number of aromatic amines is 1. The van der Waals surface area contributed by atoms with E-state index in [1.54, 1.807) is 0 Å². The summed E-state index contributed by atoms with van der Waals surface area (Å²) in [4.78, 5) is 14.9. The van der Waals surface area contributed by atoms with Gasteiger partial charge in [-0.3, -0.25) is 4.79 Å². The molecule has 176 valence electrons. The van der Waals surface area contributed by atoms with Crippen molar-refractivity contribution >= 4 is 17.4 Å². The van der Waals surface area contributed by atoms with Gasteiger partial charge >= 0.3 is 5.97 Å². The topological polar surface area (TPSA) is 101 Å². The number of fused-ring (bicyclic) bond motifs is 1. The fourth-order valence-electron chi connectivity index (χ4n) is 5.50. The Morgan fingerprint density at radius 1 is 1.00 bits per heavy atom. The predicted octanol–water partition coefficient (Wildman–Crippen LogP) is 5.33. The molecule has 0 saturated carbocycles. The lowest BCUT2D eigenvalue weighted by molar-refractivity contribution is -0.140. The van der Waals surface area contributed by atoms with E-state index in [0.717, 1.165) is 47.5 Å². The van der Waals surface area contributed by atoms with E-state index in [0.29, 0.717) is 19.4 Å². The van der Waals surface area contributed by atoms with E-state index in [1.807, 2.05) is 6.07 Å². The maximum Gasteiger partial charge on any atom is 0.320 e. The van der Waals surface area contributed by atoms with Gasteiger partial charge in [-0.25, -0.2) is 0 Å². The first kappa shape index (κ1) is 22.4. The van der Waals surface area contributed by atoms with Crippen LogP contribution < -0.4 is 10.6 Å². The lowest BCUT2D eigenvalue weighted by Gasteiger charge is -2.44. The Morgan fingerprint density at radius 2 is 1.71 bits per heavy atom. The molecular weight excluding hydrogens is 424 g/mol. The number of rotatable bonds is 4. The van der Waals surface area contributed by atoms with Crippen LogP contribution in [0, 0.1) is 11.3 Å². The number of nitrogens with one attached hydrogen (secondary N) is 4. The van der Waals surface area contributed by atoms with Crippen LogP contribution in [-0.4, -0.2) is 39.9 Å². The molecule has 34 heavy (non-hydrogen) atoms. The standard InChI is InChI=1S/C28H32N4O2/c1-28(21-11-13-25(27(33)34)30-16-21)15-22(29)12-14-24-26(32-28)23(17-31-24)20-9-7-19(8-10-20)18-5-3-2-4-6-18/h2-10,17,21,25,29-32H,11-16H2,1H3,(H,33,34). The van der Waals surface area contributed by atoms with Crippen LogP contribution in [0.2, 0.25) is 0 Å². The molecule has 5 N–H and O–H groups in total. The first-order chi connectivity index (χ1) is 16.4. The third kappa shape index (κ3) is 4.38. The Balaban J connectivity index is 1.44. The molecule has 2 aliphatic heterocycles. The number of carbonyl (C=O) groups is 1. The second-order valence-corrected chi connectivity index (χ2v) is 9.90. The average molecular weight is 457 g/mol. The van der Waals surface area contributed by atoms with Gasteiger partial charge in [0.1, 0.15) is 6.04 Å². The average Bonchev–Trinajstić information content (AvgIpc) is 3.24. The number of carboxylic acids is 1. The van der Waals surface area contributed by atoms with Crippen LogP contribution in [0.5, 0.6) is 0 Å². The number of H-pyrrole nitrogens is 1. The lowest BCUT2D eigenvalue weighted by Crippen LogP contribution is -2.54. The van der Waals surface area contributed by atoms with E-state index < -0.39 is 12.0 Å². The summed E-state index contributed by atoms with van der Waals surface area (Å²) in [5.41, 5.74) is 7.33. The zero-order valence-corrected chi connectivity index (χ0v) is 19.5. The molecule has 3 unspecified atom stereocenters. The van der Waals surface area contributed by atoms with Crippen molar-refractivity contribution in [3.05, 3.63) is 66.5 Å². The summed E-state index contributed by atoms with van der Waals surface area (Å²) >= 11 is 0. The Hall–Kier alpha value is -3.38. The molecule has 1 fully saturated rings. The highest BCUT2D eigenvalue weighted by atomic mass is 16.4. The van der Waals surface area contributed by atoms with Gasteiger partial charge in [-0.2, -0.15) is 0 Å². The number of aromatic nitrogens is 1. The molecule has 0 spiro atoms. The minimum atomic E-state index is -0.781. The Labute approximate surface area is 200 Å². The van der Waals surface area contributed by atoms with E-state index in [4.69, 9.17) is 5.41 Å². The van der Waals surface area contributed by atoms with Crippen molar-refractivity contribution in [2.45, 2.75) is 50.6 Å². The van der Waals surface area contributed by atoms with Crippen molar-refractivity contribution in [1.29, 1.82) is 5.41 Å². The highest BCUT2D eigenvalue weighted by molar-refractivity contribution is 5.87. The summed E-state index contributed by atoms with van der Waals surface area (Å²) in [6, 6.07) is 18.6. The maximum absolute atomic E-state index is 11.4. The number of hydrogen-bond donors (Lipinski definition) is 5. The molecule has 5 rings (SSSR count). The second kappa shape index (κ2) is 9.11. The Morgan fingerprint density at radius 3 is 2.38 bits per heavy atom. The summed E-state index contributed by atoms with van der Waals surface area (Å²) in [6.45, 7) is 2.83. The van der Waals surface area contributed by atoms with Gasteiger partial charge in [0.05, 0.1) is 5.69 Å². The minimum absolute atomic E-state index is 0.234. The third-order valence-electron chi connectivity index (χ3n) is 7.55. The van der Waals surface area contributed by atoms with Crippen molar-refractivity contribution in [3.63, 3.8) is 0 Å². The monoisotopic (exact) mass is 456 g/mol. The molecule has 2 aliphatic rings. The number of aliphatic carboxylic acids is 1. The molecule has 0 bridgehead atoms. The van der Waals surface area contributed by atoms with E-state index >= 15 is 0 Å². The minimum Gasteiger partial charge on any atom is -0.480 e. The number of piperidine rings is 1. The van der Waals surface area contributed by atoms with Crippen LogP contribution >= 0.6 is 0 Å². The number of aryl methyl sites for hydroxylation is 1. The molecule has 0 aliphatic carbocycles. The van der Waals surface area contributed by atoms with Crippen molar-refractivity contribution in [1.82, 2.24) is 10.3 Å². The maximum atomic E-state index is 11.4. The molecule has 1 aromatic heterocycles. The van der Waals surface area contributed by atoms with Gasteiger partial charge in [0.25, 0.3) is 0 Å².